The fourth-order valence-electron chi connectivity index (χ4n) is 4.50. The molecule has 1 saturated heterocycles. The minimum absolute atomic E-state index is 0.380. The van der Waals surface area contributed by atoms with Gasteiger partial charge < -0.3 is 15.0 Å². The molecule has 1 aliphatic carbocycles. The van der Waals surface area contributed by atoms with Gasteiger partial charge in [0, 0.05) is 18.2 Å². The van der Waals surface area contributed by atoms with E-state index in [1.54, 1.807) is 0 Å². The van der Waals surface area contributed by atoms with E-state index in [1.165, 1.54) is 64.2 Å². The first-order chi connectivity index (χ1) is 10.2. The van der Waals surface area contributed by atoms with Crippen LogP contribution in [-0.2, 0) is 4.74 Å². The van der Waals surface area contributed by atoms with Gasteiger partial charge in [0.05, 0.1) is 6.10 Å². The highest BCUT2D eigenvalue weighted by Crippen LogP contribution is 2.37. The van der Waals surface area contributed by atoms with Gasteiger partial charge in [0.1, 0.15) is 0 Å². The van der Waals surface area contributed by atoms with E-state index in [9.17, 15) is 0 Å². The van der Waals surface area contributed by atoms with Gasteiger partial charge in [-0.15, -0.1) is 0 Å². The lowest BCUT2D eigenvalue weighted by Gasteiger charge is -2.49. The molecular formula is C18H36N2O. The van der Waals surface area contributed by atoms with Crippen LogP contribution in [-0.4, -0.2) is 49.8 Å². The van der Waals surface area contributed by atoms with E-state index in [2.05, 4.69) is 31.2 Å². The zero-order valence-electron chi connectivity index (χ0n) is 14.5. The molecule has 1 heterocycles. The summed E-state index contributed by atoms with van der Waals surface area (Å²) in [6.45, 7) is 4.32. The topological polar surface area (TPSA) is 24.5 Å². The maximum absolute atomic E-state index is 5.78. The van der Waals surface area contributed by atoms with Gasteiger partial charge in [0.25, 0.3) is 0 Å². The minimum atomic E-state index is 0.380. The summed E-state index contributed by atoms with van der Waals surface area (Å²) in [5.41, 5.74) is 0.380. The Morgan fingerprint density at radius 2 is 1.95 bits per heavy atom. The number of nitrogens with zero attached hydrogens (tertiary/aromatic N) is 1. The molecule has 0 bridgehead atoms. The summed E-state index contributed by atoms with van der Waals surface area (Å²) in [5, 5.41) is 3.82. The van der Waals surface area contributed by atoms with Crippen molar-refractivity contribution >= 4 is 0 Å². The number of ether oxygens (including phenoxy) is 1. The molecule has 2 fully saturated rings. The van der Waals surface area contributed by atoms with E-state index in [-0.39, 0.29) is 0 Å². The predicted molar refractivity (Wildman–Crippen MR) is 89.8 cm³/mol. The molecule has 2 unspecified atom stereocenters. The Kier molecular flexibility index (Phi) is 6.97. The van der Waals surface area contributed by atoms with Crippen LogP contribution in [0.3, 0.4) is 0 Å². The molecule has 0 spiro atoms. The van der Waals surface area contributed by atoms with Gasteiger partial charge >= 0.3 is 0 Å². The van der Waals surface area contributed by atoms with Crippen molar-refractivity contribution in [3.63, 3.8) is 0 Å². The van der Waals surface area contributed by atoms with E-state index < -0.39 is 0 Å². The van der Waals surface area contributed by atoms with Crippen LogP contribution in [0.4, 0.5) is 0 Å². The van der Waals surface area contributed by atoms with Crippen LogP contribution in [0, 0.1) is 0 Å². The highest BCUT2D eigenvalue weighted by molar-refractivity contribution is 5.00. The molecule has 1 saturated carbocycles. The van der Waals surface area contributed by atoms with Crippen LogP contribution < -0.4 is 5.32 Å². The smallest absolute Gasteiger partial charge is 0.0576 e. The molecule has 124 valence electrons. The molecule has 0 aromatic rings. The summed E-state index contributed by atoms with van der Waals surface area (Å²) in [6.07, 6.45) is 13.9. The SMILES string of the molecule is CCNC(CCCC1CCCO1)C1(N(C)C)CCCCC1. The average Bonchev–Trinajstić information content (AvgIpc) is 3.00. The standard InChI is InChI=1S/C18H36N2O/c1-4-19-17(12-8-10-16-11-9-15-21-16)18(20(2)3)13-6-5-7-14-18/h16-17,19H,4-15H2,1-3H3. The Balaban J connectivity index is 1.91. The van der Waals surface area contributed by atoms with Crippen molar-refractivity contribution in [1.82, 2.24) is 10.2 Å². The number of hydrogen-bond donors (Lipinski definition) is 1. The van der Waals surface area contributed by atoms with E-state index in [4.69, 9.17) is 4.74 Å². The fourth-order valence-corrected chi connectivity index (χ4v) is 4.50. The van der Waals surface area contributed by atoms with Crippen molar-refractivity contribution in [2.75, 3.05) is 27.2 Å². The zero-order chi connectivity index (χ0) is 15.1. The lowest BCUT2D eigenvalue weighted by Crippen LogP contribution is -2.60. The van der Waals surface area contributed by atoms with Crippen molar-refractivity contribution in [3.05, 3.63) is 0 Å². The molecule has 0 radical (unpaired) electrons. The average molecular weight is 296 g/mol. The lowest BCUT2D eigenvalue weighted by atomic mass is 9.73. The number of rotatable bonds is 8. The summed E-state index contributed by atoms with van der Waals surface area (Å²) < 4.78 is 5.78. The summed E-state index contributed by atoms with van der Waals surface area (Å²) in [6, 6.07) is 0.638. The Bertz CT molecular complexity index is 281. The van der Waals surface area contributed by atoms with Crippen molar-refractivity contribution in [2.45, 2.75) is 88.8 Å². The third kappa shape index (κ3) is 4.43. The minimum Gasteiger partial charge on any atom is -0.378 e. The molecule has 0 amide bonds. The van der Waals surface area contributed by atoms with Crippen LogP contribution in [0.5, 0.6) is 0 Å². The summed E-state index contributed by atoms with van der Waals surface area (Å²) in [7, 11) is 4.57. The van der Waals surface area contributed by atoms with Crippen molar-refractivity contribution in [2.24, 2.45) is 0 Å². The second-order valence-electron chi connectivity index (χ2n) is 7.23. The van der Waals surface area contributed by atoms with Crippen LogP contribution in [0.1, 0.15) is 71.1 Å². The van der Waals surface area contributed by atoms with E-state index >= 15 is 0 Å². The fraction of sp³-hybridized carbons (Fsp3) is 1.00. The summed E-state index contributed by atoms with van der Waals surface area (Å²) >= 11 is 0. The molecule has 0 aromatic carbocycles. The molecule has 1 aliphatic heterocycles. The first-order valence-electron chi connectivity index (χ1n) is 9.21. The quantitative estimate of drug-likeness (QED) is 0.741. The first kappa shape index (κ1) is 17.2. The Hall–Kier alpha value is -0.120. The molecule has 2 atom stereocenters. The molecule has 0 aromatic heterocycles. The van der Waals surface area contributed by atoms with E-state index in [0.717, 1.165) is 13.2 Å². The van der Waals surface area contributed by atoms with Gasteiger partial charge in [-0.1, -0.05) is 26.2 Å². The van der Waals surface area contributed by atoms with Crippen LogP contribution in [0.15, 0.2) is 0 Å². The van der Waals surface area contributed by atoms with Crippen LogP contribution >= 0.6 is 0 Å². The third-order valence-corrected chi connectivity index (χ3v) is 5.75. The second-order valence-corrected chi connectivity index (χ2v) is 7.23. The molecule has 2 rings (SSSR count). The van der Waals surface area contributed by atoms with Crippen LogP contribution in [0.25, 0.3) is 0 Å². The molecule has 21 heavy (non-hydrogen) atoms. The third-order valence-electron chi connectivity index (χ3n) is 5.75. The van der Waals surface area contributed by atoms with E-state index in [1.807, 2.05) is 0 Å². The van der Waals surface area contributed by atoms with Gasteiger partial charge in [0.15, 0.2) is 0 Å². The predicted octanol–water partition coefficient (Wildman–Crippen LogP) is 3.58. The number of nitrogens with one attached hydrogen (secondary N) is 1. The van der Waals surface area contributed by atoms with Gasteiger partial charge in [0.2, 0.25) is 0 Å². The van der Waals surface area contributed by atoms with Crippen molar-refractivity contribution in [3.8, 4) is 0 Å². The molecule has 3 nitrogen and oxygen atoms in total. The molecule has 1 N–H and O–H groups in total. The number of likely N-dealkylation sites (N-methyl/N-ethyl adjacent to an activating group) is 2. The van der Waals surface area contributed by atoms with Crippen molar-refractivity contribution < 1.29 is 4.74 Å². The summed E-state index contributed by atoms with van der Waals surface area (Å²) in [4.78, 5) is 2.52. The zero-order valence-corrected chi connectivity index (χ0v) is 14.5. The van der Waals surface area contributed by atoms with Gasteiger partial charge in [-0.25, -0.2) is 0 Å². The number of hydrogen-bond acceptors (Lipinski definition) is 3. The molecule has 2 aliphatic rings. The monoisotopic (exact) mass is 296 g/mol. The Morgan fingerprint density at radius 3 is 2.52 bits per heavy atom. The Morgan fingerprint density at radius 1 is 1.19 bits per heavy atom. The van der Waals surface area contributed by atoms with Crippen LogP contribution in [0.2, 0.25) is 0 Å². The second kappa shape index (κ2) is 8.50. The summed E-state index contributed by atoms with van der Waals surface area (Å²) in [5.74, 6) is 0. The molecule has 3 heteroatoms. The maximum Gasteiger partial charge on any atom is 0.0576 e. The highest BCUT2D eigenvalue weighted by atomic mass is 16.5. The lowest BCUT2D eigenvalue weighted by molar-refractivity contribution is 0.0493. The van der Waals surface area contributed by atoms with Gasteiger partial charge in [-0.3, -0.25) is 0 Å². The first-order valence-corrected chi connectivity index (χ1v) is 9.21. The highest BCUT2D eigenvalue weighted by Gasteiger charge is 2.40. The van der Waals surface area contributed by atoms with Gasteiger partial charge in [-0.2, -0.15) is 0 Å². The van der Waals surface area contributed by atoms with Gasteiger partial charge in [-0.05, 0) is 65.6 Å². The molecular weight excluding hydrogens is 260 g/mol. The Labute approximate surface area is 131 Å². The maximum atomic E-state index is 5.78. The van der Waals surface area contributed by atoms with E-state index in [0.29, 0.717) is 17.7 Å². The normalized spacial score (nSPS) is 27.1. The largest absolute Gasteiger partial charge is 0.378 e. The van der Waals surface area contributed by atoms with Crippen molar-refractivity contribution in [1.29, 1.82) is 0 Å².